The number of nitrogens with two attached hydrogens (primary N) is 1. The van der Waals surface area contributed by atoms with Crippen molar-refractivity contribution in [2.24, 2.45) is 5.73 Å². The number of nitrogens with zero attached hydrogens (tertiary/aromatic N) is 1. The topological polar surface area (TPSA) is 38.5 Å². The van der Waals surface area contributed by atoms with E-state index in [0.717, 1.165) is 39.3 Å². The normalized spacial score (nSPS) is 25.6. The number of morpholine rings is 1. The molecule has 1 heterocycles. The lowest BCUT2D eigenvalue weighted by Gasteiger charge is -2.34. The highest BCUT2D eigenvalue weighted by atomic mass is 16.5. The van der Waals surface area contributed by atoms with Gasteiger partial charge in [0.1, 0.15) is 0 Å². The first-order valence-corrected chi connectivity index (χ1v) is 4.51. The van der Waals surface area contributed by atoms with Gasteiger partial charge in [0.2, 0.25) is 0 Å². The molecule has 1 rings (SSSR count). The molecule has 0 spiro atoms. The number of ether oxygens (including phenoxy) is 1. The van der Waals surface area contributed by atoms with E-state index in [1.165, 1.54) is 0 Å². The Hall–Kier alpha value is -0.380. The standard InChI is InChI=1S/C9H18N2O/c1-2-5-11-6-7-12-8-9(11)3-4-10/h2,9H,1,3-8,10H2. The van der Waals surface area contributed by atoms with Crippen LogP contribution in [-0.2, 0) is 4.74 Å². The molecule has 0 bridgehead atoms. The summed E-state index contributed by atoms with van der Waals surface area (Å²) in [6, 6.07) is 0.502. The van der Waals surface area contributed by atoms with Gasteiger partial charge in [0, 0.05) is 19.1 Å². The fraction of sp³-hybridized carbons (Fsp3) is 0.778. The van der Waals surface area contributed by atoms with Crippen LogP contribution in [0.3, 0.4) is 0 Å². The lowest BCUT2D eigenvalue weighted by Crippen LogP contribution is -2.46. The van der Waals surface area contributed by atoms with Gasteiger partial charge >= 0.3 is 0 Å². The van der Waals surface area contributed by atoms with Crippen LogP contribution in [-0.4, -0.2) is 43.8 Å². The molecule has 1 fully saturated rings. The molecule has 2 N–H and O–H groups in total. The van der Waals surface area contributed by atoms with Crippen LogP contribution < -0.4 is 5.73 Å². The predicted molar refractivity (Wildman–Crippen MR) is 50.0 cm³/mol. The molecule has 12 heavy (non-hydrogen) atoms. The Morgan fingerprint density at radius 2 is 2.50 bits per heavy atom. The second-order valence-corrected chi connectivity index (χ2v) is 3.09. The smallest absolute Gasteiger partial charge is 0.0623 e. The second kappa shape index (κ2) is 5.30. The Bertz CT molecular complexity index is 136. The average Bonchev–Trinajstić information content (AvgIpc) is 2.09. The first kappa shape index (κ1) is 9.71. The summed E-state index contributed by atoms with van der Waals surface area (Å²) in [5.74, 6) is 0. The van der Waals surface area contributed by atoms with Crippen LogP contribution in [0.15, 0.2) is 12.7 Å². The molecular weight excluding hydrogens is 152 g/mol. The van der Waals surface area contributed by atoms with Crippen molar-refractivity contribution in [3.8, 4) is 0 Å². The third-order valence-electron chi connectivity index (χ3n) is 2.21. The Kier molecular flexibility index (Phi) is 4.29. The van der Waals surface area contributed by atoms with Crippen molar-refractivity contribution in [1.82, 2.24) is 4.90 Å². The highest BCUT2D eigenvalue weighted by molar-refractivity contribution is 4.81. The van der Waals surface area contributed by atoms with Gasteiger partial charge < -0.3 is 10.5 Å². The van der Waals surface area contributed by atoms with Crippen LogP contribution in [0.1, 0.15) is 6.42 Å². The third kappa shape index (κ3) is 2.59. The summed E-state index contributed by atoms with van der Waals surface area (Å²) in [7, 11) is 0. The summed E-state index contributed by atoms with van der Waals surface area (Å²) in [6.07, 6.45) is 2.96. The molecule has 0 aromatic heterocycles. The zero-order valence-electron chi connectivity index (χ0n) is 7.54. The molecule has 0 radical (unpaired) electrons. The summed E-state index contributed by atoms with van der Waals surface area (Å²) in [5.41, 5.74) is 5.51. The zero-order valence-corrected chi connectivity index (χ0v) is 7.54. The lowest BCUT2D eigenvalue weighted by molar-refractivity contribution is -0.00357. The fourth-order valence-corrected chi connectivity index (χ4v) is 1.55. The monoisotopic (exact) mass is 170 g/mol. The van der Waals surface area contributed by atoms with Crippen LogP contribution in [0.2, 0.25) is 0 Å². The first-order chi connectivity index (χ1) is 5.88. The van der Waals surface area contributed by atoms with Gasteiger partial charge in [-0.15, -0.1) is 6.58 Å². The molecule has 0 aromatic carbocycles. The van der Waals surface area contributed by atoms with Crippen molar-refractivity contribution in [1.29, 1.82) is 0 Å². The van der Waals surface area contributed by atoms with E-state index in [-0.39, 0.29) is 0 Å². The Labute approximate surface area is 74.2 Å². The van der Waals surface area contributed by atoms with Crippen molar-refractivity contribution >= 4 is 0 Å². The molecule has 1 aliphatic rings. The largest absolute Gasteiger partial charge is 0.378 e. The maximum atomic E-state index is 5.51. The molecule has 0 saturated carbocycles. The lowest BCUT2D eigenvalue weighted by atomic mass is 10.1. The minimum Gasteiger partial charge on any atom is -0.378 e. The average molecular weight is 170 g/mol. The minimum absolute atomic E-state index is 0.502. The summed E-state index contributed by atoms with van der Waals surface area (Å²) in [6.45, 7) is 8.10. The van der Waals surface area contributed by atoms with E-state index < -0.39 is 0 Å². The van der Waals surface area contributed by atoms with Crippen LogP contribution in [0.4, 0.5) is 0 Å². The number of hydrogen-bond acceptors (Lipinski definition) is 3. The molecular formula is C9H18N2O. The van der Waals surface area contributed by atoms with Crippen LogP contribution in [0, 0.1) is 0 Å². The molecule has 0 aliphatic carbocycles. The van der Waals surface area contributed by atoms with Crippen molar-refractivity contribution in [2.75, 3.05) is 32.8 Å². The van der Waals surface area contributed by atoms with Crippen molar-refractivity contribution in [3.63, 3.8) is 0 Å². The summed E-state index contributed by atoms with van der Waals surface area (Å²) in [4.78, 5) is 2.38. The molecule has 1 aliphatic heterocycles. The van der Waals surface area contributed by atoms with E-state index in [2.05, 4.69) is 11.5 Å². The van der Waals surface area contributed by atoms with Crippen LogP contribution in [0.25, 0.3) is 0 Å². The van der Waals surface area contributed by atoms with Gasteiger partial charge in [-0.2, -0.15) is 0 Å². The van der Waals surface area contributed by atoms with Crippen LogP contribution >= 0.6 is 0 Å². The number of rotatable bonds is 4. The van der Waals surface area contributed by atoms with E-state index >= 15 is 0 Å². The molecule has 3 heteroatoms. The van der Waals surface area contributed by atoms with Gasteiger partial charge in [0.15, 0.2) is 0 Å². The Balaban J connectivity index is 2.36. The van der Waals surface area contributed by atoms with Crippen molar-refractivity contribution < 1.29 is 4.74 Å². The summed E-state index contributed by atoms with van der Waals surface area (Å²) < 4.78 is 5.38. The Morgan fingerprint density at radius 1 is 1.67 bits per heavy atom. The van der Waals surface area contributed by atoms with Gasteiger partial charge in [0.25, 0.3) is 0 Å². The quantitative estimate of drug-likeness (QED) is 0.613. The first-order valence-electron chi connectivity index (χ1n) is 4.51. The zero-order chi connectivity index (χ0) is 8.81. The van der Waals surface area contributed by atoms with Gasteiger partial charge in [-0.1, -0.05) is 6.08 Å². The minimum atomic E-state index is 0.502. The van der Waals surface area contributed by atoms with Gasteiger partial charge in [-0.05, 0) is 13.0 Å². The molecule has 0 amide bonds. The Morgan fingerprint density at radius 3 is 3.17 bits per heavy atom. The van der Waals surface area contributed by atoms with Crippen molar-refractivity contribution in [3.05, 3.63) is 12.7 Å². The highest BCUT2D eigenvalue weighted by Gasteiger charge is 2.20. The summed E-state index contributed by atoms with van der Waals surface area (Å²) in [5, 5.41) is 0. The highest BCUT2D eigenvalue weighted by Crippen LogP contribution is 2.09. The van der Waals surface area contributed by atoms with Gasteiger partial charge in [0.05, 0.1) is 13.2 Å². The van der Waals surface area contributed by atoms with E-state index in [1.54, 1.807) is 0 Å². The molecule has 3 nitrogen and oxygen atoms in total. The van der Waals surface area contributed by atoms with Gasteiger partial charge in [-0.25, -0.2) is 0 Å². The maximum absolute atomic E-state index is 5.51. The van der Waals surface area contributed by atoms with E-state index in [9.17, 15) is 0 Å². The fourth-order valence-electron chi connectivity index (χ4n) is 1.55. The number of hydrogen-bond donors (Lipinski definition) is 1. The molecule has 1 unspecified atom stereocenters. The van der Waals surface area contributed by atoms with E-state index in [0.29, 0.717) is 6.04 Å². The van der Waals surface area contributed by atoms with Gasteiger partial charge in [-0.3, -0.25) is 4.90 Å². The maximum Gasteiger partial charge on any atom is 0.0623 e. The second-order valence-electron chi connectivity index (χ2n) is 3.09. The molecule has 70 valence electrons. The molecule has 0 aromatic rings. The molecule has 1 saturated heterocycles. The summed E-state index contributed by atoms with van der Waals surface area (Å²) >= 11 is 0. The predicted octanol–water partition coefficient (Wildman–Crippen LogP) is 0.222. The van der Waals surface area contributed by atoms with E-state index in [4.69, 9.17) is 10.5 Å². The van der Waals surface area contributed by atoms with Crippen molar-refractivity contribution in [2.45, 2.75) is 12.5 Å². The third-order valence-corrected chi connectivity index (χ3v) is 2.21. The van der Waals surface area contributed by atoms with Crippen LogP contribution in [0.5, 0.6) is 0 Å². The SMILES string of the molecule is C=CCN1CCOCC1CCN. The molecule has 1 atom stereocenters. The van der Waals surface area contributed by atoms with E-state index in [1.807, 2.05) is 6.08 Å².